The molecule has 148 valence electrons. The smallest absolute Gasteiger partial charge is 0.336 e. The Kier molecular flexibility index (Phi) is 6.35. The first kappa shape index (κ1) is 20.2. The van der Waals surface area contributed by atoms with Crippen LogP contribution in [-0.2, 0) is 4.79 Å². The van der Waals surface area contributed by atoms with Crippen molar-refractivity contribution in [1.82, 2.24) is 0 Å². The van der Waals surface area contributed by atoms with Gasteiger partial charge in [-0.15, -0.1) is 0 Å². The second kappa shape index (κ2) is 9.11. The maximum Gasteiger partial charge on any atom is 0.336 e. The first-order chi connectivity index (χ1) is 14.0. The molecular formula is C25H24O4. The molecule has 3 aromatic rings. The molecule has 4 nitrogen and oxygen atoms in total. The van der Waals surface area contributed by atoms with Gasteiger partial charge in [0.1, 0.15) is 17.2 Å². The number of carboxylic acids is 1. The van der Waals surface area contributed by atoms with Crippen LogP contribution >= 0.6 is 0 Å². The lowest BCUT2D eigenvalue weighted by Gasteiger charge is -2.13. The van der Waals surface area contributed by atoms with E-state index in [-0.39, 0.29) is 5.57 Å². The summed E-state index contributed by atoms with van der Waals surface area (Å²) in [4.78, 5) is 11.7. The van der Waals surface area contributed by atoms with E-state index >= 15 is 0 Å². The molecule has 4 heteroatoms. The number of aliphatic carboxylic acids is 1. The molecule has 0 radical (unpaired) electrons. The Hall–Kier alpha value is -3.53. The lowest BCUT2D eigenvalue weighted by atomic mass is 10.0. The van der Waals surface area contributed by atoms with E-state index in [1.54, 1.807) is 37.5 Å². The van der Waals surface area contributed by atoms with Crippen LogP contribution in [0.4, 0.5) is 0 Å². The summed E-state index contributed by atoms with van der Waals surface area (Å²) in [5, 5.41) is 9.62. The molecule has 29 heavy (non-hydrogen) atoms. The number of para-hydroxylation sites is 1. The molecule has 0 fully saturated rings. The standard InChI is InChI=1S/C25H24O4/c1-17(2)22-6-4-5-7-24(22)29-21-12-8-18(9-13-21)16-23(25(26)27)19-10-14-20(28-3)15-11-19/h4-17H,1-3H3,(H,26,27)/b23-16+. The molecule has 0 saturated heterocycles. The molecule has 0 spiro atoms. The molecule has 0 bridgehead atoms. The fourth-order valence-electron chi connectivity index (χ4n) is 3.02. The monoisotopic (exact) mass is 388 g/mol. The SMILES string of the molecule is COc1ccc(/C(=C\c2ccc(Oc3ccccc3C(C)C)cc2)C(=O)O)cc1. The zero-order valence-corrected chi connectivity index (χ0v) is 16.8. The van der Waals surface area contributed by atoms with E-state index in [9.17, 15) is 9.90 Å². The van der Waals surface area contributed by atoms with E-state index < -0.39 is 5.97 Å². The largest absolute Gasteiger partial charge is 0.497 e. The van der Waals surface area contributed by atoms with Crippen molar-refractivity contribution >= 4 is 17.6 Å². The van der Waals surface area contributed by atoms with Crippen LogP contribution < -0.4 is 9.47 Å². The first-order valence-electron chi connectivity index (χ1n) is 9.44. The van der Waals surface area contributed by atoms with Gasteiger partial charge in [0.05, 0.1) is 12.7 Å². The summed E-state index contributed by atoms with van der Waals surface area (Å²) in [7, 11) is 1.58. The summed E-state index contributed by atoms with van der Waals surface area (Å²) < 4.78 is 11.2. The molecular weight excluding hydrogens is 364 g/mol. The highest BCUT2D eigenvalue weighted by Gasteiger charge is 2.11. The quantitative estimate of drug-likeness (QED) is 0.385. The van der Waals surface area contributed by atoms with E-state index in [4.69, 9.17) is 9.47 Å². The lowest BCUT2D eigenvalue weighted by Crippen LogP contribution is -1.99. The van der Waals surface area contributed by atoms with Crippen molar-refractivity contribution in [3.05, 3.63) is 89.5 Å². The molecule has 0 amide bonds. The minimum Gasteiger partial charge on any atom is -0.497 e. The number of carbonyl (C=O) groups is 1. The number of methoxy groups -OCH3 is 1. The maximum atomic E-state index is 11.7. The number of benzene rings is 3. The van der Waals surface area contributed by atoms with Gasteiger partial charge in [0.15, 0.2) is 0 Å². The molecule has 0 heterocycles. The van der Waals surface area contributed by atoms with Gasteiger partial charge in [-0.1, -0.05) is 56.3 Å². The summed E-state index contributed by atoms with van der Waals surface area (Å²) in [6.45, 7) is 4.26. The molecule has 0 atom stereocenters. The zero-order chi connectivity index (χ0) is 20.8. The van der Waals surface area contributed by atoms with Gasteiger partial charge >= 0.3 is 5.97 Å². The Bertz CT molecular complexity index is 1000. The van der Waals surface area contributed by atoms with Crippen molar-refractivity contribution < 1.29 is 19.4 Å². The zero-order valence-electron chi connectivity index (χ0n) is 16.8. The Labute approximate surface area is 171 Å². The highest BCUT2D eigenvalue weighted by atomic mass is 16.5. The van der Waals surface area contributed by atoms with Crippen LogP contribution in [0.5, 0.6) is 17.2 Å². The maximum absolute atomic E-state index is 11.7. The van der Waals surface area contributed by atoms with Crippen molar-refractivity contribution in [2.75, 3.05) is 7.11 Å². The third-order valence-electron chi connectivity index (χ3n) is 4.59. The second-order valence-electron chi connectivity index (χ2n) is 6.96. The molecule has 0 aromatic heterocycles. The molecule has 0 aliphatic rings. The topological polar surface area (TPSA) is 55.8 Å². The average Bonchev–Trinajstić information content (AvgIpc) is 2.73. The number of hydrogen-bond donors (Lipinski definition) is 1. The van der Waals surface area contributed by atoms with E-state index in [2.05, 4.69) is 19.9 Å². The molecule has 0 aliphatic carbocycles. The second-order valence-corrected chi connectivity index (χ2v) is 6.96. The number of rotatable bonds is 7. The van der Waals surface area contributed by atoms with Crippen LogP contribution in [0.25, 0.3) is 11.6 Å². The van der Waals surface area contributed by atoms with Gasteiger partial charge in [-0.2, -0.15) is 0 Å². The van der Waals surface area contributed by atoms with Crippen molar-refractivity contribution in [1.29, 1.82) is 0 Å². The predicted octanol–water partition coefficient (Wildman–Crippen LogP) is 6.24. The predicted molar refractivity (Wildman–Crippen MR) is 116 cm³/mol. The van der Waals surface area contributed by atoms with Gasteiger partial charge in [-0.25, -0.2) is 4.79 Å². The van der Waals surface area contributed by atoms with E-state index in [1.165, 1.54) is 0 Å². The third-order valence-corrected chi connectivity index (χ3v) is 4.59. The van der Waals surface area contributed by atoms with Crippen molar-refractivity contribution in [3.63, 3.8) is 0 Å². The van der Waals surface area contributed by atoms with Crippen LogP contribution in [0, 0.1) is 0 Å². The highest BCUT2D eigenvalue weighted by Crippen LogP contribution is 2.31. The fraction of sp³-hybridized carbons (Fsp3) is 0.160. The molecule has 1 N–H and O–H groups in total. The average molecular weight is 388 g/mol. The Morgan fingerprint density at radius 3 is 2.10 bits per heavy atom. The Balaban J connectivity index is 1.83. The number of carboxylic acid groups (broad SMARTS) is 1. The third kappa shape index (κ3) is 5.05. The minimum absolute atomic E-state index is 0.214. The van der Waals surface area contributed by atoms with E-state index in [0.29, 0.717) is 23.0 Å². The Morgan fingerprint density at radius 1 is 0.897 bits per heavy atom. The summed E-state index contributed by atoms with van der Waals surface area (Å²) in [6.07, 6.45) is 1.65. The van der Waals surface area contributed by atoms with Crippen LogP contribution in [0.1, 0.15) is 36.5 Å². The van der Waals surface area contributed by atoms with Crippen molar-refractivity contribution in [2.24, 2.45) is 0 Å². The van der Waals surface area contributed by atoms with Gasteiger partial charge < -0.3 is 14.6 Å². The van der Waals surface area contributed by atoms with Gasteiger partial charge in [0.2, 0.25) is 0 Å². The first-order valence-corrected chi connectivity index (χ1v) is 9.44. The summed E-state index contributed by atoms with van der Waals surface area (Å²) in [5.41, 5.74) is 2.75. The minimum atomic E-state index is -0.985. The van der Waals surface area contributed by atoms with Crippen molar-refractivity contribution in [3.8, 4) is 17.2 Å². The van der Waals surface area contributed by atoms with E-state index in [0.717, 1.165) is 16.9 Å². The van der Waals surface area contributed by atoms with E-state index in [1.807, 2.05) is 42.5 Å². The summed E-state index contributed by atoms with van der Waals surface area (Å²) in [6, 6.07) is 22.3. The molecule has 3 rings (SSSR count). The van der Waals surface area contributed by atoms with Crippen LogP contribution in [0.2, 0.25) is 0 Å². The summed E-state index contributed by atoms with van der Waals surface area (Å²) in [5.74, 6) is 1.59. The molecule has 0 aliphatic heterocycles. The van der Waals surface area contributed by atoms with Crippen LogP contribution in [-0.4, -0.2) is 18.2 Å². The normalized spacial score (nSPS) is 11.4. The van der Waals surface area contributed by atoms with Crippen LogP contribution in [0.3, 0.4) is 0 Å². The van der Waals surface area contributed by atoms with Gasteiger partial charge in [0.25, 0.3) is 0 Å². The highest BCUT2D eigenvalue weighted by molar-refractivity contribution is 6.20. The van der Waals surface area contributed by atoms with Gasteiger partial charge in [-0.3, -0.25) is 0 Å². The Morgan fingerprint density at radius 2 is 1.52 bits per heavy atom. The van der Waals surface area contributed by atoms with Crippen LogP contribution in [0.15, 0.2) is 72.8 Å². The molecule has 0 saturated carbocycles. The number of hydrogen-bond acceptors (Lipinski definition) is 3. The van der Waals surface area contributed by atoms with Crippen molar-refractivity contribution in [2.45, 2.75) is 19.8 Å². The lowest BCUT2D eigenvalue weighted by molar-refractivity contribution is -0.130. The molecule has 3 aromatic carbocycles. The summed E-state index contributed by atoms with van der Waals surface area (Å²) >= 11 is 0. The van der Waals surface area contributed by atoms with Gasteiger partial charge in [0, 0.05) is 0 Å². The number of ether oxygens (including phenoxy) is 2. The fourth-order valence-corrected chi connectivity index (χ4v) is 3.02. The molecule has 0 unspecified atom stereocenters. The van der Waals surface area contributed by atoms with Gasteiger partial charge in [-0.05, 0) is 59.0 Å².